The van der Waals surface area contributed by atoms with Crippen LogP contribution in [0, 0.1) is 0 Å². The van der Waals surface area contributed by atoms with E-state index >= 15 is 0 Å². The van der Waals surface area contributed by atoms with Gasteiger partial charge in [-0.15, -0.1) is 0 Å². The second-order valence-corrected chi connectivity index (χ2v) is 3.55. The fourth-order valence-corrected chi connectivity index (χ4v) is 1.36. The number of carboxylic acids is 1. The first kappa shape index (κ1) is 10.5. The third-order valence-electron chi connectivity index (χ3n) is 2.30. The van der Waals surface area contributed by atoms with Crippen LogP contribution >= 0.6 is 0 Å². The number of rotatable bonds is 4. The average molecular weight is 221 g/mol. The van der Waals surface area contributed by atoms with Crippen molar-refractivity contribution in [3.8, 4) is 5.75 Å². The molecule has 1 aliphatic rings. The molecule has 1 fully saturated rings. The van der Waals surface area contributed by atoms with E-state index in [0.29, 0.717) is 24.3 Å². The van der Waals surface area contributed by atoms with Crippen molar-refractivity contribution in [2.24, 2.45) is 0 Å². The lowest BCUT2D eigenvalue weighted by molar-refractivity contribution is -0.174. The zero-order chi connectivity index (χ0) is 11.5. The Balaban J connectivity index is 1.96. The van der Waals surface area contributed by atoms with E-state index in [1.807, 2.05) is 0 Å². The molecule has 0 bridgehead atoms. The molecule has 0 spiro atoms. The van der Waals surface area contributed by atoms with Gasteiger partial charge in [0.15, 0.2) is 5.75 Å². The molecule has 5 heteroatoms. The Labute approximate surface area is 92.2 Å². The molecular formula is C11H11NO4. The van der Waals surface area contributed by atoms with Gasteiger partial charge in [0.1, 0.15) is 0 Å². The predicted octanol–water partition coefficient (Wildman–Crippen LogP) is 0.840. The van der Waals surface area contributed by atoms with Gasteiger partial charge in [-0.05, 0) is 17.7 Å². The summed E-state index contributed by atoms with van der Waals surface area (Å²) in [6, 6.07) is 6.66. The van der Waals surface area contributed by atoms with Gasteiger partial charge in [0, 0.05) is 0 Å². The molecule has 2 rings (SSSR count). The maximum absolute atomic E-state index is 11.0. The number of hydrogen-bond donors (Lipinski definition) is 1. The highest BCUT2D eigenvalue weighted by Crippen LogP contribution is 2.17. The quantitative estimate of drug-likeness (QED) is 0.765. The van der Waals surface area contributed by atoms with Crippen LogP contribution in [0.15, 0.2) is 24.3 Å². The van der Waals surface area contributed by atoms with E-state index in [1.54, 1.807) is 24.3 Å². The second-order valence-electron chi connectivity index (χ2n) is 3.55. The van der Waals surface area contributed by atoms with Crippen LogP contribution in [-0.4, -0.2) is 28.6 Å². The second kappa shape index (κ2) is 4.22. The molecule has 0 saturated carbocycles. The number of hydrogen-bond acceptors (Lipinski definition) is 3. The lowest BCUT2D eigenvalue weighted by Gasteiger charge is -2.29. The zero-order valence-electron chi connectivity index (χ0n) is 8.55. The van der Waals surface area contributed by atoms with Crippen molar-refractivity contribution < 1.29 is 19.5 Å². The first-order chi connectivity index (χ1) is 7.65. The maximum Gasteiger partial charge on any atom is 0.307 e. The highest BCUT2D eigenvalue weighted by atomic mass is 16.7. The van der Waals surface area contributed by atoms with Crippen LogP contribution in [0.25, 0.3) is 0 Å². The highest BCUT2D eigenvalue weighted by Gasteiger charge is 2.25. The van der Waals surface area contributed by atoms with Gasteiger partial charge in [-0.1, -0.05) is 12.1 Å². The van der Waals surface area contributed by atoms with Crippen LogP contribution in [-0.2, 0) is 16.0 Å². The van der Waals surface area contributed by atoms with Gasteiger partial charge in [-0.2, -0.15) is 5.06 Å². The predicted molar refractivity (Wildman–Crippen MR) is 54.7 cm³/mol. The monoisotopic (exact) mass is 221 g/mol. The minimum Gasteiger partial charge on any atom is -0.481 e. The summed E-state index contributed by atoms with van der Waals surface area (Å²) >= 11 is 0. The first-order valence-electron chi connectivity index (χ1n) is 4.94. The molecular weight excluding hydrogens is 210 g/mol. The fraction of sp³-hybridized carbons (Fsp3) is 0.273. The van der Waals surface area contributed by atoms with Gasteiger partial charge < -0.3 is 9.94 Å². The Hall–Kier alpha value is -2.04. The molecule has 84 valence electrons. The van der Waals surface area contributed by atoms with E-state index in [2.05, 4.69) is 0 Å². The minimum absolute atomic E-state index is 0.0110. The van der Waals surface area contributed by atoms with Crippen LogP contribution in [0.1, 0.15) is 12.0 Å². The van der Waals surface area contributed by atoms with Crippen molar-refractivity contribution in [3.05, 3.63) is 29.8 Å². The smallest absolute Gasteiger partial charge is 0.307 e. The standard InChI is InChI=1S/C11H11NO4/c13-10-5-6-12(10)16-9-3-1-8(2-4-9)7-11(14)15/h1-4H,5-7H2,(H,14,15). The summed E-state index contributed by atoms with van der Waals surface area (Å²) in [5, 5.41) is 9.86. The summed E-state index contributed by atoms with van der Waals surface area (Å²) in [5.41, 5.74) is 0.704. The van der Waals surface area contributed by atoms with Crippen molar-refractivity contribution >= 4 is 11.9 Å². The molecule has 1 N–H and O–H groups in total. The van der Waals surface area contributed by atoms with Gasteiger partial charge in [-0.25, -0.2) is 0 Å². The number of amides is 1. The molecule has 0 aliphatic carbocycles. The van der Waals surface area contributed by atoms with Crippen LogP contribution in [0.3, 0.4) is 0 Å². The zero-order valence-corrected chi connectivity index (χ0v) is 8.55. The van der Waals surface area contributed by atoms with E-state index < -0.39 is 5.97 Å². The lowest BCUT2D eigenvalue weighted by atomic mass is 10.1. The number of aliphatic carboxylic acids is 1. The SMILES string of the molecule is O=C(O)Cc1ccc(ON2CCC2=O)cc1. The first-order valence-corrected chi connectivity index (χ1v) is 4.94. The van der Waals surface area contributed by atoms with Crippen molar-refractivity contribution in [1.29, 1.82) is 0 Å². The molecule has 0 aromatic heterocycles. The molecule has 1 aromatic carbocycles. The summed E-state index contributed by atoms with van der Waals surface area (Å²) in [7, 11) is 0. The molecule has 5 nitrogen and oxygen atoms in total. The molecule has 1 heterocycles. The summed E-state index contributed by atoms with van der Waals surface area (Å²) in [6.45, 7) is 0.607. The van der Waals surface area contributed by atoms with Crippen molar-refractivity contribution in [2.75, 3.05) is 6.54 Å². The Kier molecular flexibility index (Phi) is 2.76. The Bertz CT molecular complexity index is 412. The number of nitrogens with zero attached hydrogens (tertiary/aromatic N) is 1. The number of benzene rings is 1. The molecule has 16 heavy (non-hydrogen) atoms. The number of β-lactam (4-membered cyclic amide) rings is 1. The summed E-state index contributed by atoms with van der Waals surface area (Å²) in [4.78, 5) is 26.7. The largest absolute Gasteiger partial charge is 0.481 e. The minimum atomic E-state index is -0.869. The van der Waals surface area contributed by atoms with Gasteiger partial charge in [0.2, 0.25) is 0 Å². The molecule has 1 aromatic rings. The van der Waals surface area contributed by atoms with E-state index in [1.165, 1.54) is 5.06 Å². The Morgan fingerprint density at radius 2 is 2.06 bits per heavy atom. The molecule has 0 radical (unpaired) electrons. The van der Waals surface area contributed by atoms with Crippen LogP contribution < -0.4 is 4.84 Å². The third-order valence-corrected chi connectivity index (χ3v) is 2.30. The van der Waals surface area contributed by atoms with Crippen LogP contribution in [0.5, 0.6) is 5.75 Å². The van der Waals surface area contributed by atoms with Crippen LogP contribution in [0.4, 0.5) is 0 Å². The van der Waals surface area contributed by atoms with Crippen LogP contribution in [0.2, 0.25) is 0 Å². The summed E-state index contributed by atoms with van der Waals surface area (Å²) < 4.78 is 0. The van der Waals surface area contributed by atoms with Gasteiger partial charge in [-0.3, -0.25) is 9.59 Å². The van der Waals surface area contributed by atoms with Gasteiger partial charge >= 0.3 is 5.97 Å². The van der Waals surface area contributed by atoms with Gasteiger partial charge in [0.25, 0.3) is 5.91 Å². The van der Waals surface area contributed by atoms with E-state index in [4.69, 9.17) is 9.94 Å². The summed E-state index contributed by atoms with van der Waals surface area (Å²) in [6.07, 6.45) is 0.514. The molecule has 0 unspecified atom stereocenters. The molecule has 1 amide bonds. The number of hydroxylamine groups is 2. The molecule has 1 aliphatic heterocycles. The van der Waals surface area contributed by atoms with Crippen molar-refractivity contribution in [3.63, 3.8) is 0 Å². The maximum atomic E-state index is 11.0. The Morgan fingerprint density at radius 1 is 1.38 bits per heavy atom. The fourth-order valence-electron chi connectivity index (χ4n) is 1.36. The lowest BCUT2D eigenvalue weighted by Crippen LogP contribution is -2.45. The molecule has 0 atom stereocenters. The molecule has 1 saturated heterocycles. The highest BCUT2D eigenvalue weighted by molar-refractivity contribution is 5.80. The normalized spacial score (nSPS) is 14.5. The summed E-state index contributed by atoms with van der Waals surface area (Å²) in [5.74, 6) is -0.358. The van der Waals surface area contributed by atoms with Crippen molar-refractivity contribution in [1.82, 2.24) is 5.06 Å². The Morgan fingerprint density at radius 3 is 2.50 bits per heavy atom. The topological polar surface area (TPSA) is 66.8 Å². The van der Waals surface area contributed by atoms with E-state index in [9.17, 15) is 9.59 Å². The third kappa shape index (κ3) is 2.31. The van der Waals surface area contributed by atoms with Crippen molar-refractivity contribution in [2.45, 2.75) is 12.8 Å². The van der Waals surface area contributed by atoms with E-state index in [0.717, 1.165) is 0 Å². The van der Waals surface area contributed by atoms with Gasteiger partial charge in [0.05, 0.1) is 19.4 Å². The number of carboxylic acid groups (broad SMARTS) is 1. The number of carbonyl (C=O) groups excluding carboxylic acids is 1. The average Bonchev–Trinajstić information content (AvgIpc) is 2.25. The number of carbonyl (C=O) groups is 2. The van der Waals surface area contributed by atoms with E-state index in [-0.39, 0.29) is 12.3 Å².